The quantitative estimate of drug-likeness (QED) is 0.722. The number of primary amides is 1. The number of carbonyl (C=O) groups excluding carboxylic acids is 1. The maximum Gasteiger partial charge on any atom is 0.248 e. The molecule has 0 fully saturated rings. The number of nitrogens with two attached hydrogens (primary N) is 1. The lowest BCUT2D eigenvalue weighted by Gasteiger charge is -2.06. The first-order valence-electron chi connectivity index (χ1n) is 3.78. The van der Waals surface area contributed by atoms with Gasteiger partial charge in [0.2, 0.25) is 5.91 Å². The summed E-state index contributed by atoms with van der Waals surface area (Å²) in [4.78, 5) is 10.8. The number of rotatable bonds is 2. The number of hydrogen-bond acceptors (Lipinski definition) is 1. The average Bonchev–Trinajstić information content (AvgIpc) is 2.08. The summed E-state index contributed by atoms with van der Waals surface area (Å²) in [5.41, 5.74) is 6.93. The van der Waals surface area contributed by atoms with E-state index in [0.717, 1.165) is 5.56 Å². The first-order chi connectivity index (χ1) is 6.04. The Bertz CT molecular complexity index is 371. The van der Waals surface area contributed by atoms with Crippen LogP contribution in [-0.2, 0) is 4.79 Å². The van der Waals surface area contributed by atoms with Gasteiger partial charge in [-0.1, -0.05) is 30.3 Å². The Morgan fingerprint density at radius 1 is 1.54 bits per heavy atom. The average molecular weight is 196 g/mol. The number of halogens is 1. The lowest BCUT2D eigenvalue weighted by Crippen LogP contribution is -2.12. The van der Waals surface area contributed by atoms with Gasteiger partial charge in [0.1, 0.15) is 0 Å². The minimum atomic E-state index is -0.523. The molecular formula is C10H10ClNO. The second-order valence-electron chi connectivity index (χ2n) is 2.76. The van der Waals surface area contributed by atoms with E-state index < -0.39 is 5.91 Å². The van der Waals surface area contributed by atoms with Gasteiger partial charge in [-0.05, 0) is 24.1 Å². The van der Waals surface area contributed by atoms with Crippen molar-refractivity contribution in [2.24, 2.45) is 5.73 Å². The van der Waals surface area contributed by atoms with Crippen LogP contribution in [0.1, 0.15) is 11.1 Å². The van der Waals surface area contributed by atoms with Crippen LogP contribution in [-0.4, -0.2) is 5.91 Å². The second kappa shape index (κ2) is 3.62. The van der Waals surface area contributed by atoms with Gasteiger partial charge in [0, 0.05) is 10.6 Å². The van der Waals surface area contributed by atoms with Crippen molar-refractivity contribution in [3.63, 3.8) is 0 Å². The first kappa shape index (κ1) is 9.81. The van der Waals surface area contributed by atoms with E-state index in [9.17, 15) is 4.79 Å². The molecule has 13 heavy (non-hydrogen) atoms. The molecule has 0 saturated carbocycles. The fourth-order valence-corrected chi connectivity index (χ4v) is 1.24. The number of hydrogen-bond donors (Lipinski definition) is 1. The Labute approximate surface area is 82.0 Å². The van der Waals surface area contributed by atoms with Crippen LogP contribution >= 0.6 is 11.6 Å². The maximum atomic E-state index is 10.8. The summed E-state index contributed by atoms with van der Waals surface area (Å²) in [5.74, 6) is -0.523. The van der Waals surface area contributed by atoms with Gasteiger partial charge in [-0.15, -0.1) is 0 Å². The largest absolute Gasteiger partial charge is 0.366 e. The van der Waals surface area contributed by atoms with Crippen molar-refractivity contribution in [2.75, 3.05) is 0 Å². The molecule has 2 nitrogen and oxygen atoms in total. The lowest BCUT2D eigenvalue weighted by molar-refractivity contribution is -0.112. The molecule has 0 aliphatic carbocycles. The summed E-state index contributed by atoms with van der Waals surface area (Å²) in [7, 11) is 0. The molecule has 0 aromatic heterocycles. The molecule has 1 amide bonds. The van der Waals surface area contributed by atoms with Crippen molar-refractivity contribution >= 4 is 23.1 Å². The van der Waals surface area contributed by atoms with Crippen LogP contribution in [0.15, 0.2) is 24.8 Å². The molecule has 0 atom stereocenters. The predicted molar refractivity (Wildman–Crippen MR) is 54.4 cm³/mol. The van der Waals surface area contributed by atoms with Crippen molar-refractivity contribution < 1.29 is 4.79 Å². The van der Waals surface area contributed by atoms with Crippen LogP contribution in [0.3, 0.4) is 0 Å². The zero-order valence-electron chi connectivity index (χ0n) is 7.30. The molecule has 3 heteroatoms. The van der Waals surface area contributed by atoms with Gasteiger partial charge in [-0.3, -0.25) is 4.79 Å². The summed E-state index contributed by atoms with van der Waals surface area (Å²) < 4.78 is 0. The van der Waals surface area contributed by atoms with E-state index in [2.05, 4.69) is 6.58 Å². The minimum Gasteiger partial charge on any atom is -0.366 e. The summed E-state index contributed by atoms with van der Waals surface area (Å²) in [5, 5.41) is 0.611. The van der Waals surface area contributed by atoms with Gasteiger partial charge >= 0.3 is 0 Å². The van der Waals surface area contributed by atoms with E-state index in [0.29, 0.717) is 16.2 Å². The van der Waals surface area contributed by atoms with Crippen LogP contribution in [0.4, 0.5) is 0 Å². The Hall–Kier alpha value is -1.28. The number of benzene rings is 1. The zero-order valence-corrected chi connectivity index (χ0v) is 8.06. The highest BCUT2D eigenvalue weighted by Gasteiger charge is 2.09. The SMILES string of the molecule is C=C(C(N)=O)c1cccc(Cl)c1C. The molecule has 0 spiro atoms. The molecule has 1 aromatic rings. The third-order valence-electron chi connectivity index (χ3n) is 1.89. The van der Waals surface area contributed by atoms with Gasteiger partial charge in [-0.2, -0.15) is 0 Å². The highest BCUT2D eigenvalue weighted by molar-refractivity contribution is 6.32. The normalized spacial score (nSPS) is 9.69. The standard InChI is InChI=1S/C10H10ClNO/c1-6-8(7(2)10(12)13)4-3-5-9(6)11/h3-5H,2H2,1H3,(H2,12,13). The maximum absolute atomic E-state index is 10.8. The van der Waals surface area contributed by atoms with Crippen molar-refractivity contribution in [2.45, 2.75) is 6.92 Å². The number of amides is 1. The second-order valence-corrected chi connectivity index (χ2v) is 3.16. The third kappa shape index (κ3) is 1.90. The van der Waals surface area contributed by atoms with Crippen LogP contribution in [0.2, 0.25) is 5.02 Å². The Kier molecular flexibility index (Phi) is 2.73. The highest BCUT2D eigenvalue weighted by atomic mass is 35.5. The molecule has 2 N–H and O–H groups in total. The summed E-state index contributed by atoms with van der Waals surface area (Å²) in [6, 6.07) is 5.29. The molecule has 1 aromatic carbocycles. The fourth-order valence-electron chi connectivity index (χ4n) is 1.07. The van der Waals surface area contributed by atoms with Crippen LogP contribution in [0.25, 0.3) is 5.57 Å². The summed E-state index contributed by atoms with van der Waals surface area (Å²) >= 11 is 5.87. The van der Waals surface area contributed by atoms with Crippen molar-refractivity contribution in [3.05, 3.63) is 40.9 Å². The molecule has 0 unspecified atom stereocenters. The molecule has 0 heterocycles. The van der Waals surface area contributed by atoms with Crippen molar-refractivity contribution in [1.29, 1.82) is 0 Å². The van der Waals surface area contributed by atoms with Gasteiger partial charge in [0.05, 0.1) is 0 Å². The van der Waals surface area contributed by atoms with E-state index in [-0.39, 0.29) is 0 Å². The molecular weight excluding hydrogens is 186 g/mol. The van der Waals surface area contributed by atoms with E-state index in [1.54, 1.807) is 18.2 Å². The van der Waals surface area contributed by atoms with E-state index >= 15 is 0 Å². The highest BCUT2D eigenvalue weighted by Crippen LogP contribution is 2.23. The smallest absolute Gasteiger partial charge is 0.248 e. The topological polar surface area (TPSA) is 43.1 Å². The van der Waals surface area contributed by atoms with Gasteiger partial charge in [0.15, 0.2) is 0 Å². The van der Waals surface area contributed by atoms with Crippen molar-refractivity contribution in [3.8, 4) is 0 Å². The number of carbonyl (C=O) groups is 1. The zero-order chi connectivity index (χ0) is 10.0. The Morgan fingerprint density at radius 3 is 2.69 bits per heavy atom. The van der Waals surface area contributed by atoms with Crippen LogP contribution < -0.4 is 5.73 Å². The first-order valence-corrected chi connectivity index (χ1v) is 4.16. The molecule has 0 saturated heterocycles. The minimum absolute atomic E-state index is 0.292. The molecule has 0 aliphatic heterocycles. The molecule has 0 radical (unpaired) electrons. The van der Waals surface area contributed by atoms with Crippen LogP contribution in [0.5, 0.6) is 0 Å². The predicted octanol–water partition coefficient (Wildman–Crippen LogP) is 2.15. The molecule has 0 aliphatic rings. The monoisotopic (exact) mass is 195 g/mol. The lowest BCUT2D eigenvalue weighted by atomic mass is 10.0. The van der Waals surface area contributed by atoms with E-state index in [1.807, 2.05) is 6.92 Å². The Morgan fingerprint density at radius 2 is 2.15 bits per heavy atom. The van der Waals surface area contributed by atoms with Crippen LogP contribution in [0, 0.1) is 6.92 Å². The van der Waals surface area contributed by atoms with E-state index in [4.69, 9.17) is 17.3 Å². The molecule has 1 rings (SSSR count). The van der Waals surface area contributed by atoms with Gasteiger partial charge < -0.3 is 5.73 Å². The van der Waals surface area contributed by atoms with Gasteiger partial charge in [-0.25, -0.2) is 0 Å². The summed E-state index contributed by atoms with van der Waals surface area (Å²) in [6.07, 6.45) is 0. The van der Waals surface area contributed by atoms with Crippen molar-refractivity contribution in [1.82, 2.24) is 0 Å². The summed E-state index contributed by atoms with van der Waals surface area (Å²) in [6.45, 7) is 5.42. The van der Waals surface area contributed by atoms with Gasteiger partial charge in [0.25, 0.3) is 0 Å². The Balaban J connectivity index is 3.23. The molecule has 68 valence electrons. The third-order valence-corrected chi connectivity index (χ3v) is 2.30. The molecule has 0 bridgehead atoms. The fraction of sp³-hybridized carbons (Fsp3) is 0.100. The van der Waals surface area contributed by atoms with E-state index in [1.165, 1.54) is 0 Å².